The van der Waals surface area contributed by atoms with Crippen molar-refractivity contribution in [3.8, 4) is 22.4 Å². The van der Waals surface area contributed by atoms with Gasteiger partial charge < -0.3 is 4.40 Å². The Bertz CT molecular complexity index is 1080. The van der Waals surface area contributed by atoms with Gasteiger partial charge in [0.25, 0.3) is 0 Å². The quantitative estimate of drug-likeness (QED) is 0.525. The van der Waals surface area contributed by atoms with Crippen LogP contribution in [0.15, 0.2) is 67.3 Å². The summed E-state index contributed by atoms with van der Waals surface area (Å²) in [5, 5.41) is 0. The van der Waals surface area contributed by atoms with Crippen LogP contribution in [0.2, 0.25) is 0 Å². The second-order valence-electron chi connectivity index (χ2n) is 6.52. The minimum Gasteiger partial charge on any atom is -0.306 e. The number of fused-ring (bicyclic) bond motifs is 1. The summed E-state index contributed by atoms with van der Waals surface area (Å²) in [4.78, 5) is 8.88. The van der Waals surface area contributed by atoms with Gasteiger partial charge in [0.15, 0.2) is 0 Å². The molecule has 5 rings (SSSR count). The third-order valence-corrected chi connectivity index (χ3v) is 4.79. The molecule has 0 bridgehead atoms. The molecule has 0 atom stereocenters. The van der Waals surface area contributed by atoms with Crippen LogP contribution in [0.1, 0.15) is 24.3 Å². The van der Waals surface area contributed by atoms with Gasteiger partial charge in [-0.15, -0.1) is 0 Å². The van der Waals surface area contributed by atoms with Crippen molar-refractivity contribution in [1.82, 2.24) is 14.4 Å². The normalized spacial score (nSPS) is 14.1. The highest BCUT2D eigenvalue weighted by atomic mass is 19.1. The predicted molar refractivity (Wildman–Crippen MR) is 95.8 cm³/mol. The summed E-state index contributed by atoms with van der Waals surface area (Å²) < 4.78 is 16.1. The lowest BCUT2D eigenvalue weighted by molar-refractivity contribution is 0.611. The molecule has 0 radical (unpaired) electrons. The Kier molecular flexibility index (Phi) is 3.17. The first kappa shape index (κ1) is 14.3. The molecule has 0 amide bonds. The van der Waals surface area contributed by atoms with E-state index in [4.69, 9.17) is 0 Å². The topological polar surface area (TPSA) is 30.2 Å². The van der Waals surface area contributed by atoms with Gasteiger partial charge in [-0.2, -0.15) is 0 Å². The zero-order valence-corrected chi connectivity index (χ0v) is 13.6. The molecule has 4 aromatic rings. The van der Waals surface area contributed by atoms with Gasteiger partial charge in [0.05, 0.1) is 5.69 Å². The molecule has 0 unspecified atom stereocenters. The van der Waals surface area contributed by atoms with Crippen LogP contribution in [0.5, 0.6) is 0 Å². The lowest BCUT2D eigenvalue weighted by Gasteiger charge is -2.11. The summed E-state index contributed by atoms with van der Waals surface area (Å²) in [5.41, 5.74) is 5.66. The van der Waals surface area contributed by atoms with E-state index >= 15 is 0 Å². The van der Waals surface area contributed by atoms with Crippen LogP contribution in [0, 0.1) is 5.82 Å². The predicted octanol–water partition coefficient (Wildman–Crippen LogP) is 5.08. The van der Waals surface area contributed by atoms with Gasteiger partial charge in [0.2, 0.25) is 0 Å². The number of halogens is 1. The summed E-state index contributed by atoms with van der Waals surface area (Å²) in [7, 11) is 0. The molecule has 25 heavy (non-hydrogen) atoms. The smallest absolute Gasteiger partial charge is 0.136 e. The van der Waals surface area contributed by atoms with Gasteiger partial charge in [-0.25, -0.2) is 9.37 Å². The molecule has 3 aromatic heterocycles. The number of hydrogen-bond acceptors (Lipinski definition) is 2. The minimum absolute atomic E-state index is 0.108. The van der Waals surface area contributed by atoms with E-state index < -0.39 is 0 Å². The molecule has 1 aliphatic carbocycles. The van der Waals surface area contributed by atoms with Gasteiger partial charge in [-0.1, -0.05) is 6.07 Å². The first-order chi connectivity index (χ1) is 12.3. The van der Waals surface area contributed by atoms with E-state index in [1.807, 2.05) is 47.1 Å². The van der Waals surface area contributed by atoms with Crippen LogP contribution >= 0.6 is 0 Å². The third kappa shape index (κ3) is 2.50. The van der Waals surface area contributed by atoms with Crippen LogP contribution in [0.3, 0.4) is 0 Å². The second-order valence-corrected chi connectivity index (χ2v) is 6.52. The Labute approximate surface area is 144 Å². The van der Waals surface area contributed by atoms with E-state index in [1.54, 1.807) is 18.5 Å². The largest absolute Gasteiger partial charge is 0.306 e. The molecule has 0 spiro atoms. The average Bonchev–Trinajstić information content (AvgIpc) is 3.39. The lowest BCUT2D eigenvalue weighted by atomic mass is 9.98. The summed E-state index contributed by atoms with van der Waals surface area (Å²) in [6.45, 7) is 0. The van der Waals surface area contributed by atoms with Gasteiger partial charge in [0, 0.05) is 41.5 Å². The Morgan fingerprint density at radius 3 is 2.72 bits per heavy atom. The highest BCUT2D eigenvalue weighted by molar-refractivity contribution is 5.81. The number of imidazole rings is 1. The molecule has 1 aromatic carbocycles. The number of hydrogen-bond donors (Lipinski definition) is 0. The van der Waals surface area contributed by atoms with E-state index in [1.165, 1.54) is 0 Å². The van der Waals surface area contributed by atoms with Crippen LogP contribution in [0.25, 0.3) is 28.0 Å². The monoisotopic (exact) mass is 329 g/mol. The Morgan fingerprint density at radius 1 is 0.960 bits per heavy atom. The van der Waals surface area contributed by atoms with E-state index in [-0.39, 0.29) is 5.82 Å². The van der Waals surface area contributed by atoms with E-state index in [0.717, 1.165) is 46.4 Å². The molecule has 122 valence electrons. The number of nitrogens with zero attached hydrogens (tertiary/aromatic N) is 3. The van der Waals surface area contributed by atoms with Crippen molar-refractivity contribution < 1.29 is 4.39 Å². The van der Waals surface area contributed by atoms with Crippen molar-refractivity contribution in [3.05, 3.63) is 78.6 Å². The maximum atomic E-state index is 14.1. The fraction of sp³-hybridized carbons (Fsp3) is 0.143. The highest BCUT2D eigenvalue weighted by Gasteiger charge is 2.27. The third-order valence-electron chi connectivity index (χ3n) is 4.79. The zero-order valence-electron chi connectivity index (χ0n) is 13.6. The van der Waals surface area contributed by atoms with E-state index in [2.05, 4.69) is 16.0 Å². The molecule has 4 heteroatoms. The van der Waals surface area contributed by atoms with Gasteiger partial charge in [-0.05, 0) is 60.7 Å². The molecular formula is C21H16FN3. The molecular weight excluding hydrogens is 313 g/mol. The Balaban J connectivity index is 1.66. The number of benzene rings is 1. The summed E-state index contributed by atoms with van der Waals surface area (Å²) in [6.07, 6.45) is 9.70. The Morgan fingerprint density at radius 2 is 1.84 bits per heavy atom. The molecule has 1 fully saturated rings. The summed E-state index contributed by atoms with van der Waals surface area (Å²) in [6, 6.07) is 13.4. The molecule has 0 N–H and O–H groups in total. The van der Waals surface area contributed by atoms with Crippen molar-refractivity contribution in [2.24, 2.45) is 0 Å². The molecule has 1 saturated carbocycles. The van der Waals surface area contributed by atoms with Gasteiger partial charge in [0.1, 0.15) is 11.5 Å². The lowest BCUT2D eigenvalue weighted by Crippen LogP contribution is -1.94. The standard InChI is InChI=1S/C21H16FN3/c22-19-7-5-15(12-18(19)14-3-4-14)21-17(2-1-9-24-21)16-6-8-20-23-10-11-25(20)13-16/h1-2,5-14H,3-4H2. The van der Waals surface area contributed by atoms with Crippen LogP contribution in [-0.2, 0) is 0 Å². The van der Waals surface area contributed by atoms with E-state index in [0.29, 0.717) is 5.92 Å². The molecule has 0 saturated heterocycles. The average molecular weight is 329 g/mol. The highest BCUT2D eigenvalue weighted by Crippen LogP contribution is 2.43. The summed E-state index contributed by atoms with van der Waals surface area (Å²) in [5.74, 6) is 0.262. The van der Waals surface area contributed by atoms with Crippen LogP contribution in [-0.4, -0.2) is 14.4 Å². The number of aromatic nitrogens is 3. The maximum absolute atomic E-state index is 14.1. The van der Waals surface area contributed by atoms with Crippen molar-refractivity contribution >= 4 is 5.65 Å². The zero-order chi connectivity index (χ0) is 16.8. The van der Waals surface area contributed by atoms with Gasteiger partial charge >= 0.3 is 0 Å². The van der Waals surface area contributed by atoms with Crippen molar-refractivity contribution in [2.75, 3.05) is 0 Å². The maximum Gasteiger partial charge on any atom is 0.136 e. The van der Waals surface area contributed by atoms with E-state index in [9.17, 15) is 4.39 Å². The fourth-order valence-corrected chi connectivity index (χ4v) is 3.35. The van der Waals surface area contributed by atoms with Crippen LogP contribution < -0.4 is 0 Å². The minimum atomic E-state index is -0.108. The molecule has 3 heterocycles. The Hall–Kier alpha value is -3.01. The molecule has 3 nitrogen and oxygen atoms in total. The van der Waals surface area contributed by atoms with Crippen molar-refractivity contribution in [2.45, 2.75) is 18.8 Å². The van der Waals surface area contributed by atoms with Crippen molar-refractivity contribution in [3.63, 3.8) is 0 Å². The SMILES string of the molecule is Fc1ccc(-c2ncccc2-c2ccc3nccn3c2)cc1C1CC1. The molecule has 0 aliphatic heterocycles. The first-order valence-electron chi connectivity index (χ1n) is 8.47. The number of rotatable bonds is 3. The second kappa shape index (κ2) is 5.52. The number of pyridine rings is 2. The molecule has 1 aliphatic rings. The fourth-order valence-electron chi connectivity index (χ4n) is 3.35. The van der Waals surface area contributed by atoms with Crippen molar-refractivity contribution in [1.29, 1.82) is 0 Å². The van der Waals surface area contributed by atoms with Crippen LogP contribution in [0.4, 0.5) is 4.39 Å². The van der Waals surface area contributed by atoms with Gasteiger partial charge in [-0.3, -0.25) is 4.98 Å². The first-order valence-corrected chi connectivity index (χ1v) is 8.47. The summed E-state index contributed by atoms with van der Waals surface area (Å²) >= 11 is 0.